The molecule has 0 saturated heterocycles. The SMILES string of the molecule is CN(CCC(=O)O)Cc1cccc(OCC2CCCCC2)c1. The van der Waals surface area contributed by atoms with Crippen molar-refractivity contribution in [2.45, 2.75) is 45.1 Å². The summed E-state index contributed by atoms with van der Waals surface area (Å²) in [7, 11) is 1.94. The lowest BCUT2D eigenvalue weighted by Crippen LogP contribution is -2.21. The van der Waals surface area contributed by atoms with Crippen LogP contribution >= 0.6 is 0 Å². The highest BCUT2D eigenvalue weighted by molar-refractivity contribution is 5.66. The molecule has 4 heteroatoms. The molecule has 0 aromatic heterocycles. The first kappa shape index (κ1) is 16.8. The van der Waals surface area contributed by atoms with Crippen LogP contribution in [0, 0.1) is 5.92 Å². The highest BCUT2D eigenvalue weighted by Crippen LogP contribution is 2.25. The molecular formula is C18H27NO3. The van der Waals surface area contributed by atoms with Crippen molar-refractivity contribution in [3.8, 4) is 5.75 Å². The Morgan fingerprint density at radius 3 is 2.82 bits per heavy atom. The lowest BCUT2D eigenvalue weighted by Gasteiger charge is -2.22. The number of hydrogen-bond acceptors (Lipinski definition) is 3. The number of carbonyl (C=O) groups is 1. The molecule has 1 fully saturated rings. The van der Waals surface area contributed by atoms with Gasteiger partial charge in [-0.2, -0.15) is 0 Å². The van der Waals surface area contributed by atoms with Crippen molar-refractivity contribution >= 4 is 5.97 Å². The smallest absolute Gasteiger partial charge is 0.304 e. The first-order valence-electron chi connectivity index (χ1n) is 8.25. The van der Waals surface area contributed by atoms with Crippen LogP contribution in [0.3, 0.4) is 0 Å². The number of carboxylic acid groups (broad SMARTS) is 1. The molecule has 1 aliphatic carbocycles. The van der Waals surface area contributed by atoms with E-state index in [4.69, 9.17) is 9.84 Å². The maximum Gasteiger partial charge on any atom is 0.304 e. The number of aliphatic carboxylic acids is 1. The quantitative estimate of drug-likeness (QED) is 0.798. The maximum atomic E-state index is 10.6. The average molecular weight is 305 g/mol. The first-order valence-corrected chi connectivity index (χ1v) is 8.25. The van der Waals surface area contributed by atoms with E-state index < -0.39 is 5.97 Å². The van der Waals surface area contributed by atoms with E-state index in [1.165, 1.54) is 32.1 Å². The molecule has 1 aromatic rings. The molecule has 2 rings (SSSR count). The van der Waals surface area contributed by atoms with E-state index >= 15 is 0 Å². The molecular weight excluding hydrogens is 278 g/mol. The number of nitrogens with zero attached hydrogens (tertiary/aromatic N) is 1. The summed E-state index contributed by atoms with van der Waals surface area (Å²) in [4.78, 5) is 12.6. The standard InChI is InChI=1S/C18H27NO3/c1-19(11-10-18(20)21)13-16-8-5-9-17(12-16)22-14-15-6-3-2-4-7-15/h5,8-9,12,15H,2-4,6-7,10-11,13-14H2,1H3,(H,20,21). The molecule has 1 N–H and O–H groups in total. The second-order valence-electron chi connectivity index (χ2n) is 6.34. The van der Waals surface area contributed by atoms with Crippen molar-refractivity contribution in [2.75, 3.05) is 20.2 Å². The minimum Gasteiger partial charge on any atom is -0.493 e. The molecule has 0 aliphatic heterocycles. The van der Waals surface area contributed by atoms with Crippen molar-refractivity contribution in [3.63, 3.8) is 0 Å². The van der Waals surface area contributed by atoms with E-state index in [1.807, 2.05) is 24.1 Å². The minimum atomic E-state index is -0.753. The monoisotopic (exact) mass is 305 g/mol. The fourth-order valence-corrected chi connectivity index (χ4v) is 2.98. The number of ether oxygens (including phenoxy) is 1. The molecule has 122 valence electrons. The predicted molar refractivity (Wildman–Crippen MR) is 87.1 cm³/mol. The van der Waals surface area contributed by atoms with Crippen molar-refractivity contribution in [1.82, 2.24) is 4.90 Å². The summed E-state index contributed by atoms with van der Waals surface area (Å²) in [6, 6.07) is 8.14. The molecule has 4 nitrogen and oxygen atoms in total. The average Bonchev–Trinajstić information content (AvgIpc) is 2.52. The van der Waals surface area contributed by atoms with Gasteiger partial charge in [-0.1, -0.05) is 31.4 Å². The van der Waals surface area contributed by atoms with Crippen LogP contribution in [0.5, 0.6) is 5.75 Å². The van der Waals surface area contributed by atoms with Gasteiger partial charge in [0.15, 0.2) is 0 Å². The summed E-state index contributed by atoms with van der Waals surface area (Å²) < 4.78 is 5.95. The van der Waals surface area contributed by atoms with Gasteiger partial charge >= 0.3 is 5.97 Å². The Kier molecular flexibility index (Phi) is 6.72. The summed E-state index contributed by atoms with van der Waals surface area (Å²) >= 11 is 0. The Morgan fingerprint density at radius 2 is 2.09 bits per heavy atom. The predicted octanol–water partition coefficient (Wildman–Crippen LogP) is 3.55. The zero-order chi connectivity index (χ0) is 15.8. The Bertz CT molecular complexity index is 469. The third-order valence-corrected chi connectivity index (χ3v) is 4.27. The fraction of sp³-hybridized carbons (Fsp3) is 0.611. The van der Waals surface area contributed by atoms with Crippen LogP contribution in [0.25, 0.3) is 0 Å². The normalized spacial score (nSPS) is 15.9. The summed E-state index contributed by atoms with van der Waals surface area (Å²) in [5.74, 6) is 0.877. The van der Waals surface area contributed by atoms with Crippen molar-refractivity contribution in [3.05, 3.63) is 29.8 Å². The zero-order valence-electron chi connectivity index (χ0n) is 13.5. The van der Waals surface area contributed by atoms with Crippen LogP contribution in [0.1, 0.15) is 44.1 Å². The third kappa shape index (κ3) is 6.06. The zero-order valence-corrected chi connectivity index (χ0v) is 13.5. The molecule has 0 bridgehead atoms. The topological polar surface area (TPSA) is 49.8 Å². The van der Waals surface area contributed by atoms with Crippen LogP contribution < -0.4 is 4.74 Å². The van der Waals surface area contributed by atoms with Gasteiger partial charge in [0.2, 0.25) is 0 Å². The lowest BCUT2D eigenvalue weighted by molar-refractivity contribution is -0.137. The van der Waals surface area contributed by atoms with Gasteiger partial charge in [0.25, 0.3) is 0 Å². The van der Waals surface area contributed by atoms with E-state index in [0.717, 1.165) is 24.5 Å². The van der Waals surface area contributed by atoms with E-state index in [-0.39, 0.29) is 6.42 Å². The number of hydrogen-bond donors (Lipinski definition) is 1. The minimum absolute atomic E-state index is 0.175. The second kappa shape index (κ2) is 8.79. The van der Waals surface area contributed by atoms with E-state index in [0.29, 0.717) is 12.5 Å². The molecule has 0 heterocycles. The molecule has 0 unspecified atom stereocenters. The Labute approximate surface area is 133 Å². The van der Waals surface area contributed by atoms with Gasteiger partial charge in [-0.05, 0) is 43.5 Å². The fourth-order valence-electron chi connectivity index (χ4n) is 2.98. The largest absolute Gasteiger partial charge is 0.493 e. The van der Waals surface area contributed by atoms with Crippen LogP contribution in [-0.4, -0.2) is 36.2 Å². The molecule has 0 radical (unpaired) electrons. The molecule has 1 aliphatic rings. The van der Waals surface area contributed by atoms with Crippen LogP contribution in [0.2, 0.25) is 0 Å². The molecule has 1 saturated carbocycles. The Morgan fingerprint density at radius 1 is 1.32 bits per heavy atom. The summed E-state index contributed by atoms with van der Waals surface area (Å²) in [6.45, 7) is 2.12. The summed E-state index contributed by atoms with van der Waals surface area (Å²) in [5, 5.41) is 8.72. The van der Waals surface area contributed by atoms with Crippen LogP contribution in [0.15, 0.2) is 24.3 Å². The van der Waals surface area contributed by atoms with Gasteiger partial charge in [0.1, 0.15) is 5.75 Å². The van der Waals surface area contributed by atoms with E-state index in [1.54, 1.807) is 0 Å². The molecule has 22 heavy (non-hydrogen) atoms. The maximum absolute atomic E-state index is 10.6. The second-order valence-corrected chi connectivity index (χ2v) is 6.34. The highest BCUT2D eigenvalue weighted by Gasteiger charge is 2.14. The molecule has 0 atom stereocenters. The van der Waals surface area contributed by atoms with Crippen LogP contribution in [0.4, 0.5) is 0 Å². The molecule has 1 aromatic carbocycles. The van der Waals surface area contributed by atoms with Gasteiger partial charge in [-0.15, -0.1) is 0 Å². The van der Waals surface area contributed by atoms with Gasteiger partial charge in [0.05, 0.1) is 13.0 Å². The van der Waals surface area contributed by atoms with Crippen LogP contribution in [-0.2, 0) is 11.3 Å². The first-order chi connectivity index (χ1) is 10.6. The van der Waals surface area contributed by atoms with E-state index in [2.05, 4.69) is 12.1 Å². The van der Waals surface area contributed by atoms with Crippen molar-refractivity contribution in [2.24, 2.45) is 5.92 Å². The lowest BCUT2D eigenvalue weighted by atomic mass is 9.90. The summed E-state index contributed by atoms with van der Waals surface area (Å²) in [5.41, 5.74) is 1.16. The van der Waals surface area contributed by atoms with Crippen molar-refractivity contribution < 1.29 is 14.6 Å². The third-order valence-electron chi connectivity index (χ3n) is 4.27. The van der Waals surface area contributed by atoms with Gasteiger partial charge in [0, 0.05) is 13.1 Å². The number of carboxylic acids is 1. The summed E-state index contributed by atoms with van der Waals surface area (Å²) in [6.07, 6.45) is 6.79. The van der Waals surface area contributed by atoms with Gasteiger partial charge < -0.3 is 14.7 Å². The van der Waals surface area contributed by atoms with Gasteiger partial charge in [-0.3, -0.25) is 4.79 Å². The van der Waals surface area contributed by atoms with Gasteiger partial charge in [-0.25, -0.2) is 0 Å². The molecule has 0 spiro atoms. The van der Waals surface area contributed by atoms with Crippen molar-refractivity contribution in [1.29, 1.82) is 0 Å². The van der Waals surface area contributed by atoms with E-state index in [9.17, 15) is 4.79 Å². The number of rotatable bonds is 8. The highest BCUT2D eigenvalue weighted by atomic mass is 16.5. The Hall–Kier alpha value is -1.55. The Balaban J connectivity index is 1.79. The molecule has 0 amide bonds. The number of benzene rings is 1.